The number of hydrogen-bond donors (Lipinski definition) is 0. The lowest BCUT2D eigenvalue weighted by Gasteiger charge is -2.23. The third-order valence-corrected chi connectivity index (χ3v) is 4.47. The Hall–Kier alpha value is -3.23. The van der Waals surface area contributed by atoms with Crippen LogP contribution in [0.15, 0.2) is 41.4 Å². The van der Waals surface area contributed by atoms with Crippen molar-refractivity contribution in [1.82, 2.24) is 29.8 Å². The fraction of sp³-hybridized carbons (Fsp3) is 0.389. The van der Waals surface area contributed by atoms with Crippen LogP contribution in [0.25, 0.3) is 0 Å². The van der Waals surface area contributed by atoms with E-state index in [2.05, 4.69) is 20.2 Å². The van der Waals surface area contributed by atoms with Gasteiger partial charge in [-0.15, -0.1) is 0 Å². The highest BCUT2D eigenvalue weighted by Crippen LogP contribution is 2.33. The molecule has 1 atom stereocenters. The minimum Gasteiger partial charge on any atom is -0.493 e. The number of nitrogens with zero attached hydrogens (tertiary/aromatic N) is 6. The highest BCUT2D eigenvalue weighted by molar-refractivity contribution is 5.97. The normalized spacial score (nSPS) is 16.6. The number of likely N-dealkylation sites (tertiary alicyclic amines) is 1. The third-order valence-electron chi connectivity index (χ3n) is 4.47. The van der Waals surface area contributed by atoms with E-state index in [0.717, 1.165) is 12.8 Å². The van der Waals surface area contributed by atoms with Crippen LogP contribution in [0, 0.1) is 0 Å². The molecule has 1 fully saturated rings. The topological polar surface area (TPSA) is 99.2 Å². The number of aromatic nitrogens is 5. The number of ether oxygens (including phenoxy) is 1. The monoisotopic (exact) mass is 368 g/mol. The standard InChI is InChI=1S/C18H20N6O3/c1-2-26-15-8-4-3-6-13(15)18(25)24-9-5-7-14(24)17-21-16(22-27-17)10-23-12-19-11-20-23/h3-4,6,8,11-12,14H,2,5,7,9-10H2,1H3. The van der Waals surface area contributed by atoms with Crippen molar-refractivity contribution in [2.75, 3.05) is 13.2 Å². The van der Waals surface area contributed by atoms with Crippen molar-refractivity contribution in [2.45, 2.75) is 32.4 Å². The van der Waals surface area contributed by atoms with E-state index in [4.69, 9.17) is 9.26 Å². The Morgan fingerprint density at radius 3 is 3.07 bits per heavy atom. The van der Waals surface area contributed by atoms with Gasteiger partial charge in [-0.1, -0.05) is 17.3 Å². The highest BCUT2D eigenvalue weighted by Gasteiger charge is 2.35. The lowest BCUT2D eigenvalue weighted by atomic mass is 10.1. The molecule has 3 heterocycles. The number of hydrogen-bond acceptors (Lipinski definition) is 7. The Balaban J connectivity index is 1.54. The number of carbonyl (C=O) groups is 1. The molecule has 0 spiro atoms. The van der Waals surface area contributed by atoms with E-state index >= 15 is 0 Å². The van der Waals surface area contributed by atoms with Crippen LogP contribution in [0.5, 0.6) is 5.75 Å². The summed E-state index contributed by atoms with van der Waals surface area (Å²) in [4.78, 5) is 23.3. The Kier molecular flexibility index (Phi) is 4.82. The third kappa shape index (κ3) is 3.53. The first kappa shape index (κ1) is 17.2. The Bertz CT molecular complexity index is 907. The molecule has 0 N–H and O–H groups in total. The predicted octanol–water partition coefficient (Wildman–Crippen LogP) is 2.09. The zero-order valence-corrected chi connectivity index (χ0v) is 15.0. The molecular weight excluding hydrogens is 348 g/mol. The second kappa shape index (κ2) is 7.56. The summed E-state index contributed by atoms with van der Waals surface area (Å²) in [6.07, 6.45) is 4.71. The Morgan fingerprint density at radius 1 is 1.37 bits per heavy atom. The lowest BCUT2D eigenvalue weighted by molar-refractivity contribution is 0.0706. The van der Waals surface area contributed by atoms with Crippen molar-refractivity contribution < 1.29 is 14.1 Å². The number of benzene rings is 1. The molecule has 0 aliphatic carbocycles. The van der Waals surface area contributed by atoms with E-state index in [1.54, 1.807) is 22.0 Å². The van der Waals surface area contributed by atoms with Gasteiger partial charge in [0.2, 0.25) is 5.89 Å². The molecule has 3 aromatic rings. The van der Waals surface area contributed by atoms with Gasteiger partial charge in [0.25, 0.3) is 5.91 Å². The van der Waals surface area contributed by atoms with Crippen LogP contribution in [-0.4, -0.2) is 48.9 Å². The molecule has 0 saturated carbocycles. The minimum atomic E-state index is -0.232. The molecule has 4 rings (SSSR count). The molecule has 0 radical (unpaired) electrons. The van der Waals surface area contributed by atoms with E-state index in [1.807, 2.05) is 25.1 Å². The van der Waals surface area contributed by atoms with Gasteiger partial charge < -0.3 is 14.2 Å². The van der Waals surface area contributed by atoms with E-state index in [0.29, 0.717) is 42.7 Å². The number of amides is 1. The van der Waals surface area contributed by atoms with Crippen LogP contribution in [0.1, 0.15) is 47.9 Å². The SMILES string of the molecule is CCOc1ccccc1C(=O)N1CCCC1c1nc(Cn2cncn2)no1. The van der Waals surface area contributed by atoms with E-state index < -0.39 is 0 Å². The summed E-state index contributed by atoms with van der Waals surface area (Å²) in [5.41, 5.74) is 0.550. The zero-order chi connectivity index (χ0) is 18.6. The van der Waals surface area contributed by atoms with E-state index in [1.165, 1.54) is 6.33 Å². The molecular formula is C18H20N6O3. The molecule has 1 aromatic carbocycles. The Labute approximate surface area is 156 Å². The first-order valence-corrected chi connectivity index (χ1v) is 8.94. The molecule has 9 nitrogen and oxygen atoms in total. The molecule has 9 heteroatoms. The predicted molar refractivity (Wildman–Crippen MR) is 94.0 cm³/mol. The van der Waals surface area contributed by atoms with Gasteiger partial charge in [0.15, 0.2) is 5.82 Å². The average Bonchev–Trinajstić information content (AvgIpc) is 3.44. The van der Waals surface area contributed by atoms with Crippen LogP contribution in [-0.2, 0) is 6.54 Å². The van der Waals surface area contributed by atoms with Gasteiger partial charge >= 0.3 is 0 Å². The van der Waals surface area contributed by atoms with Gasteiger partial charge in [-0.3, -0.25) is 4.79 Å². The van der Waals surface area contributed by atoms with Crippen molar-refractivity contribution in [3.63, 3.8) is 0 Å². The number of para-hydroxylation sites is 1. The van der Waals surface area contributed by atoms with Crippen LogP contribution in [0.2, 0.25) is 0 Å². The zero-order valence-electron chi connectivity index (χ0n) is 15.0. The average molecular weight is 368 g/mol. The van der Waals surface area contributed by atoms with Crippen molar-refractivity contribution in [3.05, 3.63) is 54.2 Å². The second-order valence-electron chi connectivity index (χ2n) is 6.23. The van der Waals surface area contributed by atoms with Gasteiger partial charge in [-0.25, -0.2) is 9.67 Å². The summed E-state index contributed by atoms with van der Waals surface area (Å²) in [7, 11) is 0. The van der Waals surface area contributed by atoms with Crippen LogP contribution >= 0.6 is 0 Å². The first-order valence-electron chi connectivity index (χ1n) is 8.94. The van der Waals surface area contributed by atoms with Gasteiger partial charge in [0.05, 0.1) is 12.2 Å². The fourth-order valence-electron chi connectivity index (χ4n) is 3.27. The quantitative estimate of drug-likeness (QED) is 0.657. The van der Waals surface area contributed by atoms with Crippen molar-refractivity contribution in [3.8, 4) is 5.75 Å². The summed E-state index contributed by atoms with van der Waals surface area (Å²) in [6.45, 7) is 3.42. The summed E-state index contributed by atoms with van der Waals surface area (Å²) in [6, 6.07) is 7.06. The Morgan fingerprint density at radius 2 is 2.26 bits per heavy atom. The van der Waals surface area contributed by atoms with Crippen molar-refractivity contribution in [2.24, 2.45) is 0 Å². The highest BCUT2D eigenvalue weighted by atomic mass is 16.5. The fourth-order valence-corrected chi connectivity index (χ4v) is 3.27. The second-order valence-corrected chi connectivity index (χ2v) is 6.23. The first-order chi connectivity index (χ1) is 13.3. The number of carbonyl (C=O) groups excluding carboxylic acids is 1. The molecule has 140 valence electrons. The lowest BCUT2D eigenvalue weighted by Crippen LogP contribution is -2.31. The van der Waals surface area contributed by atoms with Gasteiger partial charge in [-0.2, -0.15) is 10.1 Å². The molecule has 1 aliphatic rings. The van der Waals surface area contributed by atoms with Gasteiger partial charge in [-0.05, 0) is 31.9 Å². The summed E-state index contributed by atoms with van der Waals surface area (Å²) in [5, 5.41) is 8.05. The minimum absolute atomic E-state index is 0.0856. The molecule has 1 aliphatic heterocycles. The largest absolute Gasteiger partial charge is 0.493 e. The molecule has 1 amide bonds. The molecule has 1 saturated heterocycles. The molecule has 1 unspecified atom stereocenters. The van der Waals surface area contributed by atoms with Gasteiger partial charge in [0, 0.05) is 6.54 Å². The maximum atomic E-state index is 13.1. The van der Waals surface area contributed by atoms with Crippen LogP contribution < -0.4 is 4.74 Å². The smallest absolute Gasteiger partial charge is 0.258 e. The summed E-state index contributed by atoms with van der Waals surface area (Å²) in [5.74, 6) is 1.46. The van der Waals surface area contributed by atoms with Crippen LogP contribution in [0.4, 0.5) is 0 Å². The summed E-state index contributed by atoms with van der Waals surface area (Å²) >= 11 is 0. The molecule has 2 aromatic heterocycles. The van der Waals surface area contributed by atoms with Crippen molar-refractivity contribution in [1.29, 1.82) is 0 Å². The number of rotatable bonds is 6. The van der Waals surface area contributed by atoms with Gasteiger partial charge in [0.1, 0.15) is 31.0 Å². The molecule has 27 heavy (non-hydrogen) atoms. The van der Waals surface area contributed by atoms with E-state index in [-0.39, 0.29) is 11.9 Å². The van der Waals surface area contributed by atoms with E-state index in [9.17, 15) is 4.79 Å². The van der Waals surface area contributed by atoms with Crippen LogP contribution in [0.3, 0.4) is 0 Å². The summed E-state index contributed by atoms with van der Waals surface area (Å²) < 4.78 is 12.7. The van der Waals surface area contributed by atoms with Crippen molar-refractivity contribution >= 4 is 5.91 Å². The maximum absolute atomic E-state index is 13.1. The maximum Gasteiger partial charge on any atom is 0.258 e. The molecule has 0 bridgehead atoms.